The van der Waals surface area contributed by atoms with Crippen molar-refractivity contribution in [2.24, 2.45) is 11.1 Å². The quantitative estimate of drug-likeness (QED) is 0.629. The Kier molecular flexibility index (Phi) is 5.67. The van der Waals surface area contributed by atoms with Crippen molar-refractivity contribution in [2.45, 2.75) is 20.0 Å². The molecule has 0 aliphatic carbocycles. The number of oxime groups is 1. The molecule has 0 saturated carbocycles. The average Bonchev–Trinajstić information content (AvgIpc) is 2.72. The van der Waals surface area contributed by atoms with Crippen molar-refractivity contribution < 1.29 is 38.3 Å². The molecule has 114 valence electrons. The summed E-state index contributed by atoms with van der Waals surface area (Å²) in [7, 11) is -3.57. The second-order valence-electron chi connectivity index (χ2n) is 3.87. The number of hydrogen-bond donors (Lipinski definition) is 2. The van der Waals surface area contributed by atoms with Crippen LogP contribution in [0.15, 0.2) is 5.16 Å². The minimum absolute atomic E-state index is 0.103. The van der Waals surface area contributed by atoms with Crippen molar-refractivity contribution in [3.05, 3.63) is 0 Å². The normalized spacial score (nSPS) is 22.2. The molecule has 0 aromatic heterocycles. The maximum absolute atomic E-state index is 12.3. The van der Waals surface area contributed by atoms with E-state index in [1.807, 2.05) is 0 Å². The lowest BCUT2D eigenvalue weighted by molar-refractivity contribution is -0.157. The number of rotatable bonds is 8. The molecule has 1 heterocycles. The maximum atomic E-state index is 12.3. The van der Waals surface area contributed by atoms with Crippen molar-refractivity contribution in [2.75, 3.05) is 19.4 Å². The Balaban J connectivity index is 2.92. The molecule has 1 aliphatic rings. The van der Waals surface area contributed by atoms with Crippen LogP contribution < -0.4 is 0 Å². The van der Waals surface area contributed by atoms with Gasteiger partial charge in [-0.05, 0) is 13.8 Å². The van der Waals surface area contributed by atoms with Crippen LogP contribution in [0.5, 0.6) is 0 Å². The number of hydrogen-bond acceptors (Lipinski definition) is 7. The van der Waals surface area contributed by atoms with Crippen LogP contribution in [0.3, 0.4) is 0 Å². The summed E-state index contributed by atoms with van der Waals surface area (Å²) in [5, 5.41) is 21.3. The standard InChI is InChI=1S/C10H16NO8P/c1-3-17-20(16,18-4-2)5-6-7(9(12)13)8(10(14)15)19-11-6/h7-8H,3-5H2,1-2H3,(H,12,13)(H,14,15). The first-order valence-corrected chi connectivity index (χ1v) is 7.63. The molecule has 0 amide bonds. The van der Waals surface area contributed by atoms with E-state index in [0.717, 1.165) is 0 Å². The monoisotopic (exact) mass is 309 g/mol. The van der Waals surface area contributed by atoms with E-state index in [-0.39, 0.29) is 18.9 Å². The first-order chi connectivity index (χ1) is 9.34. The zero-order valence-corrected chi connectivity index (χ0v) is 11.9. The molecule has 9 nitrogen and oxygen atoms in total. The molecule has 20 heavy (non-hydrogen) atoms. The third kappa shape index (κ3) is 3.78. The lowest BCUT2D eigenvalue weighted by Crippen LogP contribution is -2.37. The van der Waals surface area contributed by atoms with Gasteiger partial charge in [-0.15, -0.1) is 0 Å². The van der Waals surface area contributed by atoms with Crippen LogP contribution in [0.2, 0.25) is 0 Å². The summed E-state index contributed by atoms with van der Waals surface area (Å²) < 4.78 is 22.3. The van der Waals surface area contributed by atoms with E-state index in [0.29, 0.717) is 0 Å². The lowest BCUT2D eigenvalue weighted by atomic mass is 9.99. The zero-order chi connectivity index (χ0) is 15.3. The molecule has 0 spiro atoms. The molecule has 0 bridgehead atoms. The topological polar surface area (TPSA) is 132 Å². The van der Waals surface area contributed by atoms with Gasteiger partial charge in [0.25, 0.3) is 0 Å². The van der Waals surface area contributed by atoms with Crippen molar-refractivity contribution in [3.63, 3.8) is 0 Å². The molecule has 2 unspecified atom stereocenters. The molecule has 0 fully saturated rings. The van der Waals surface area contributed by atoms with Crippen LogP contribution >= 0.6 is 7.60 Å². The predicted molar refractivity (Wildman–Crippen MR) is 66.8 cm³/mol. The van der Waals surface area contributed by atoms with Gasteiger partial charge >= 0.3 is 19.5 Å². The average molecular weight is 309 g/mol. The Morgan fingerprint density at radius 1 is 1.25 bits per heavy atom. The molecule has 10 heteroatoms. The zero-order valence-electron chi connectivity index (χ0n) is 11.0. The minimum atomic E-state index is -3.57. The number of carboxylic acids is 2. The van der Waals surface area contributed by atoms with Gasteiger partial charge in [0.15, 0.2) is 0 Å². The number of aliphatic carboxylic acids is 2. The molecular weight excluding hydrogens is 293 g/mol. The Bertz CT molecular complexity index is 452. The highest BCUT2D eigenvalue weighted by Crippen LogP contribution is 2.49. The molecule has 0 aromatic carbocycles. The number of nitrogens with zero attached hydrogens (tertiary/aromatic N) is 1. The second-order valence-corrected chi connectivity index (χ2v) is 5.92. The first kappa shape index (κ1) is 16.6. The summed E-state index contributed by atoms with van der Waals surface area (Å²) in [6.45, 7) is 3.41. The van der Waals surface area contributed by atoms with Gasteiger partial charge in [-0.3, -0.25) is 9.36 Å². The van der Waals surface area contributed by atoms with E-state index in [2.05, 4.69) is 9.99 Å². The van der Waals surface area contributed by atoms with Gasteiger partial charge in [0.1, 0.15) is 5.92 Å². The fourth-order valence-electron chi connectivity index (χ4n) is 1.72. The lowest BCUT2D eigenvalue weighted by Gasteiger charge is -2.18. The maximum Gasteiger partial charge on any atom is 0.349 e. The highest BCUT2D eigenvalue weighted by atomic mass is 31.2. The predicted octanol–water partition coefficient (Wildman–Crippen LogP) is 0.793. The molecule has 0 aromatic rings. The van der Waals surface area contributed by atoms with E-state index in [4.69, 9.17) is 19.3 Å². The van der Waals surface area contributed by atoms with Gasteiger partial charge in [-0.25, -0.2) is 4.79 Å². The van der Waals surface area contributed by atoms with Crippen LogP contribution in [-0.2, 0) is 28.0 Å². The fraction of sp³-hybridized carbons (Fsp3) is 0.700. The van der Waals surface area contributed by atoms with Crippen molar-refractivity contribution in [1.29, 1.82) is 0 Å². The van der Waals surface area contributed by atoms with Crippen LogP contribution in [0.25, 0.3) is 0 Å². The van der Waals surface area contributed by atoms with Gasteiger partial charge in [0.2, 0.25) is 6.10 Å². The molecule has 0 radical (unpaired) electrons. The van der Waals surface area contributed by atoms with Crippen molar-refractivity contribution in [3.8, 4) is 0 Å². The van der Waals surface area contributed by atoms with Gasteiger partial charge in [-0.1, -0.05) is 5.16 Å². The smallest absolute Gasteiger partial charge is 0.349 e. The summed E-state index contributed by atoms with van der Waals surface area (Å²) in [6, 6.07) is 0. The summed E-state index contributed by atoms with van der Waals surface area (Å²) in [5.41, 5.74) is -0.171. The second kappa shape index (κ2) is 6.83. The molecule has 1 aliphatic heterocycles. The number of carbonyl (C=O) groups is 2. The van der Waals surface area contributed by atoms with Gasteiger partial charge < -0.3 is 24.1 Å². The van der Waals surface area contributed by atoms with E-state index in [1.165, 1.54) is 0 Å². The van der Waals surface area contributed by atoms with Crippen LogP contribution in [0.4, 0.5) is 0 Å². The molecule has 1 rings (SSSR count). The Labute approximate surface area is 115 Å². The van der Waals surface area contributed by atoms with Gasteiger partial charge in [0.05, 0.1) is 25.1 Å². The van der Waals surface area contributed by atoms with E-state index < -0.39 is 37.7 Å². The van der Waals surface area contributed by atoms with E-state index in [1.54, 1.807) is 13.8 Å². The van der Waals surface area contributed by atoms with E-state index in [9.17, 15) is 14.2 Å². The third-order valence-corrected chi connectivity index (χ3v) is 4.48. The largest absolute Gasteiger partial charge is 0.481 e. The molecule has 0 saturated heterocycles. The fourth-order valence-corrected chi connectivity index (χ4v) is 3.42. The first-order valence-electron chi connectivity index (χ1n) is 5.91. The van der Waals surface area contributed by atoms with Crippen molar-refractivity contribution >= 4 is 25.2 Å². The Morgan fingerprint density at radius 2 is 1.80 bits per heavy atom. The third-order valence-electron chi connectivity index (χ3n) is 2.46. The summed E-state index contributed by atoms with van der Waals surface area (Å²) >= 11 is 0. The minimum Gasteiger partial charge on any atom is -0.481 e. The summed E-state index contributed by atoms with van der Waals surface area (Å²) in [4.78, 5) is 26.6. The summed E-state index contributed by atoms with van der Waals surface area (Å²) in [6.07, 6.45) is -2.06. The number of carboxylic acid groups (broad SMARTS) is 2. The van der Waals surface area contributed by atoms with Crippen LogP contribution in [-0.4, -0.2) is 53.3 Å². The molecule has 2 atom stereocenters. The Morgan fingerprint density at radius 3 is 2.20 bits per heavy atom. The Hall–Kier alpha value is -1.44. The summed E-state index contributed by atoms with van der Waals surface area (Å²) in [5.74, 6) is -4.39. The van der Waals surface area contributed by atoms with Crippen molar-refractivity contribution in [1.82, 2.24) is 0 Å². The highest BCUT2D eigenvalue weighted by Gasteiger charge is 2.47. The highest BCUT2D eigenvalue weighted by molar-refractivity contribution is 7.54. The molecule has 2 N–H and O–H groups in total. The van der Waals surface area contributed by atoms with Gasteiger partial charge in [-0.2, -0.15) is 0 Å². The SMILES string of the molecule is CCOP(=O)(CC1=NOC(C(=O)O)C1C(=O)O)OCC. The van der Waals surface area contributed by atoms with Gasteiger partial charge in [0, 0.05) is 0 Å². The van der Waals surface area contributed by atoms with Crippen LogP contribution in [0, 0.1) is 5.92 Å². The molecular formula is C10H16NO8P. The van der Waals surface area contributed by atoms with Crippen LogP contribution in [0.1, 0.15) is 13.8 Å². The van der Waals surface area contributed by atoms with E-state index >= 15 is 0 Å².